The lowest BCUT2D eigenvalue weighted by molar-refractivity contribution is -0.687. The third-order valence-electron chi connectivity index (χ3n) is 3.93. The molecule has 0 saturated heterocycles. The molecule has 0 aliphatic carbocycles. The Bertz CT molecular complexity index is 794. The quantitative estimate of drug-likeness (QED) is 0.643. The van der Waals surface area contributed by atoms with Gasteiger partial charge in [0.1, 0.15) is 43.9 Å². The van der Waals surface area contributed by atoms with E-state index in [0.717, 1.165) is 17.9 Å². The molecule has 0 aliphatic heterocycles. The van der Waals surface area contributed by atoms with Gasteiger partial charge in [-0.3, -0.25) is 0 Å². The van der Waals surface area contributed by atoms with Gasteiger partial charge in [-0.05, 0) is 23.3 Å². The van der Waals surface area contributed by atoms with Crippen LogP contribution < -0.4 is 9.30 Å². The van der Waals surface area contributed by atoms with Crippen LogP contribution in [0.25, 0.3) is 6.08 Å². The number of benzene rings is 2. The van der Waals surface area contributed by atoms with Gasteiger partial charge in [-0.2, -0.15) is 0 Å². The van der Waals surface area contributed by atoms with Gasteiger partial charge in [-0.1, -0.05) is 55.1 Å². The number of imidazole rings is 1. The second kappa shape index (κ2) is 8.31. The van der Waals surface area contributed by atoms with Gasteiger partial charge in [0.25, 0.3) is 0 Å². The van der Waals surface area contributed by atoms with Crippen molar-refractivity contribution in [1.82, 2.24) is 4.57 Å². The maximum Gasteiger partial charge on any atom is 0.244 e. The number of hydrogen-bond acceptors (Lipinski definition) is 2. The fourth-order valence-corrected chi connectivity index (χ4v) is 2.62. The molecule has 0 bridgehead atoms. The largest absolute Gasteiger partial charge is 0.491 e. The molecule has 0 amide bonds. The second-order valence-corrected chi connectivity index (χ2v) is 6.01. The van der Waals surface area contributed by atoms with Crippen molar-refractivity contribution in [3.8, 4) is 5.75 Å². The molecule has 1 N–H and O–H groups in total. The molecule has 128 valence electrons. The van der Waals surface area contributed by atoms with Crippen molar-refractivity contribution in [3.63, 3.8) is 0 Å². The molecule has 2 aromatic carbocycles. The topological polar surface area (TPSA) is 38.3 Å². The summed E-state index contributed by atoms with van der Waals surface area (Å²) >= 11 is 0. The fourth-order valence-electron chi connectivity index (χ4n) is 2.62. The van der Waals surface area contributed by atoms with E-state index in [1.165, 1.54) is 5.56 Å². The third kappa shape index (κ3) is 5.06. The second-order valence-electron chi connectivity index (χ2n) is 6.01. The summed E-state index contributed by atoms with van der Waals surface area (Å²) in [6.45, 7) is 5.32. The first-order chi connectivity index (χ1) is 12.2. The van der Waals surface area contributed by atoms with Crippen LogP contribution in [0.2, 0.25) is 0 Å². The van der Waals surface area contributed by atoms with Crippen molar-refractivity contribution in [2.24, 2.45) is 0 Å². The van der Waals surface area contributed by atoms with Gasteiger partial charge in [-0.15, -0.1) is 0 Å². The highest BCUT2D eigenvalue weighted by Gasteiger charge is 2.12. The molecule has 0 radical (unpaired) electrons. The third-order valence-corrected chi connectivity index (χ3v) is 3.93. The van der Waals surface area contributed by atoms with Crippen molar-refractivity contribution >= 4 is 6.08 Å². The molecule has 3 rings (SSSR count). The normalized spacial score (nSPS) is 11.9. The van der Waals surface area contributed by atoms with Gasteiger partial charge in [0, 0.05) is 0 Å². The van der Waals surface area contributed by atoms with E-state index >= 15 is 0 Å². The lowest BCUT2D eigenvalue weighted by Crippen LogP contribution is -2.32. The van der Waals surface area contributed by atoms with Crippen molar-refractivity contribution < 1.29 is 14.4 Å². The van der Waals surface area contributed by atoms with E-state index in [0.29, 0.717) is 6.54 Å². The maximum absolute atomic E-state index is 10.2. The first kappa shape index (κ1) is 17.0. The number of para-hydroxylation sites is 1. The number of hydrogen-bond donors (Lipinski definition) is 1. The van der Waals surface area contributed by atoms with Gasteiger partial charge in [-0.25, -0.2) is 9.13 Å². The van der Waals surface area contributed by atoms with Crippen molar-refractivity contribution in [3.05, 3.63) is 91.0 Å². The Labute approximate surface area is 148 Å². The molecular formula is C21H23N2O2+. The van der Waals surface area contributed by atoms with Gasteiger partial charge >= 0.3 is 0 Å². The number of nitrogens with zero attached hydrogens (tertiary/aromatic N) is 2. The summed E-state index contributed by atoms with van der Waals surface area (Å²) in [5.74, 6) is 0.770. The van der Waals surface area contributed by atoms with Crippen LogP contribution in [0, 0.1) is 0 Å². The molecule has 1 heterocycles. The highest BCUT2D eigenvalue weighted by atomic mass is 16.5. The van der Waals surface area contributed by atoms with Crippen LogP contribution in [0.15, 0.2) is 79.9 Å². The van der Waals surface area contributed by atoms with Crippen molar-refractivity contribution in [2.45, 2.75) is 19.2 Å². The van der Waals surface area contributed by atoms with E-state index in [4.69, 9.17) is 4.74 Å². The highest BCUT2D eigenvalue weighted by molar-refractivity contribution is 5.47. The Morgan fingerprint density at radius 1 is 1.12 bits per heavy atom. The van der Waals surface area contributed by atoms with E-state index in [1.54, 1.807) is 0 Å². The van der Waals surface area contributed by atoms with Gasteiger partial charge in [0.15, 0.2) is 0 Å². The zero-order chi connectivity index (χ0) is 17.5. The predicted octanol–water partition coefficient (Wildman–Crippen LogP) is 2.91. The summed E-state index contributed by atoms with van der Waals surface area (Å²) in [4.78, 5) is 0. The van der Waals surface area contributed by atoms with Crippen LogP contribution in [0.5, 0.6) is 5.75 Å². The van der Waals surface area contributed by atoms with Gasteiger partial charge in [0.2, 0.25) is 6.33 Å². The summed E-state index contributed by atoms with van der Waals surface area (Å²) in [5, 5.41) is 10.2. The maximum atomic E-state index is 10.2. The van der Waals surface area contributed by atoms with Crippen LogP contribution in [-0.2, 0) is 13.1 Å². The minimum atomic E-state index is -0.562. The number of rotatable bonds is 8. The summed E-state index contributed by atoms with van der Waals surface area (Å²) in [5.41, 5.74) is 2.34. The lowest BCUT2D eigenvalue weighted by atomic mass is 10.1. The number of aromatic nitrogens is 2. The molecule has 1 atom stereocenters. The van der Waals surface area contributed by atoms with E-state index in [9.17, 15) is 5.11 Å². The van der Waals surface area contributed by atoms with Gasteiger partial charge in [0.05, 0.1) is 0 Å². The van der Waals surface area contributed by atoms with Crippen LogP contribution in [0.4, 0.5) is 0 Å². The monoisotopic (exact) mass is 335 g/mol. The van der Waals surface area contributed by atoms with Crippen molar-refractivity contribution in [2.75, 3.05) is 6.61 Å². The Hall–Kier alpha value is -2.85. The Morgan fingerprint density at radius 2 is 1.88 bits per heavy atom. The molecular weight excluding hydrogens is 312 g/mol. The minimum absolute atomic E-state index is 0.269. The molecule has 0 fully saturated rings. The number of aliphatic hydroxyl groups is 1. The molecule has 0 aliphatic rings. The molecule has 0 saturated carbocycles. The van der Waals surface area contributed by atoms with E-state index in [2.05, 4.69) is 35.4 Å². The number of ether oxygens (including phenoxy) is 1. The van der Waals surface area contributed by atoms with Crippen LogP contribution in [0.1, 0.15) is 11.1 Å². The van der Waals surface area contributed by atoms with Gasteiger partial charge < -0.3 is 9.84 Å². The molecule has 25 heavy (non-hydrogen) atoms. The average molecular weight is 335 g/mol. The minimum Gasteiger partial charge on any atom is -0.491 e. The van der Waals surface area contributed by atoms with Crippen LogP contribution in [0.3, 0.4) is 0 Å². The van der Waals surface area contributed by atoms with E-state index < -0.39 is 6.10 Å². The first-order valence-electron chi connectivity index (χ1n) is 8.35. The number of aliphatic hydroxyl groups excluding tert-OH is 1. The Morgan fingerprint density at radius 3 is 2.60 bits per heavy atom. The molecule has 3 aromatic rings. The first-order valence-corrected chi connectivity index (χ1v) is 8.35. The zero-order valence-electron chi connectivity index (χ0n) is 14.2. The average Bonchev–Trinajstić information content (AvgIpc) is 3.08. The van der Waals surface area contributed by atoms with Crippen molar-refractivity contribution in [1.29, 1.82) is 0 Å². The van der Waals surface area contributed by atoms with E-state index in [-0.39, 0.29) is 6.61 Å². The Kier molecular flexibility index (Phi) is 5.65. The Balaban J connectivity index is 1.51. The highest BCUT2D eigenvalue weighted by Crippen LogP contribution is 2.09. The SMILES string of the molecule is C=Cc1ccc(C[n+]2ccn(CC(O)COc3ccccc3)c2)cc1. The fraction of sp³-hybridized carbons (Fsp3) is 0.190. The standard InChI is InChI=1S/C21H23N2O2/c1-2-18-8-10-19(11-9-18)14-22-12-13-23(17-22)15-20(24)16-25-21-6-4-3-5-7-21/h2-13,17,20,24H,1,14-16H2/q+1. The lowest BCUT2D eigenvalue weighted by Gasteiger charge is -2.10. The summed E-state index contributed by atoms with van der Waals surface area (Å²) in [6, 6.07) is 17.9. The molecule has 0 spiro atoms. The van der Waals surface area contributed by atoms with Crippen LogP contribution >= 0.6 is 0 Å². The summed E-state index contributed by atoms with van der Waals surface area (Å²) in [6.07, 6.45) is 7.24. The molecule has 4 nitrogen and oxygen atoms in total. The molecule has 1 unspecified atom stereocenters. The summed E-state index contributed by atoms with van der Waals surface area (Å²) in [7, 11) is 0. The van der Waals surface area contributed by atoms with Crippen LogP contribution in [-0.4, -0.2) is 22.4 Å². The molecule has 4 heteroatoms. The van der Waals surface area contributed by atoms with E-state index in [1.807, 2.05) is 59.7 Å². The smallest absolute Gasteiger partial charge is 0.244 e. The summed E-state index contributed by atoms with van der Waals surface area (Å²) < 4.78 is 9.65. The predicted molar refractivity (Wildman–Crippen MR) is 98.2 cm³/mol. The zero-order valence-corrected chi connectivity index (χ0v) is 14.2. The molecule has 1 aromatic heterocycles.